The molecule has 2 fully saturated rings. The summed E-state index contributed by atoms with van der Waals surface area (Å²) in [5.41, 5.74) is 1.53. The molecule has 126 valence electrons. The quantitative estimate of drug-likeness (QED) is 0.843. The maximum atomic E-state index is 11.9. The number of carbonyl (C=O) groups is 1. The van der Waals surface area contributed by atoms with Crippen LogP contribution in [0.1, 0.15) is 25.0 Å². The minimum absolute atomic E-state index is 0.211. The van der Waals surface area contributed by atoms with Crippen molar-refractivity contribution in [3.05, 3.63) is 30.1 Å². The molecule has 2 aliphatic rings. The lowest BCUT2D eigenvalue weighted by atomic mass is 9.79. The van der Waals surface area contributed by atoms with Crippen LogP contribution in [0, 0.1) is 5.41 Å². The highest BCUT2D eigenvalue weighted by molar-refractivity contribution is 5.77. The van der Waals surface area contributed by atoms with E-state index in [1.807, 2.05) is 26.4 Å². The van der Waals surface area contributed by atoms with E-state index in [1.54, 1.807) is 4.90 Å². The molecule has 5 nitrogen and oxygen atoms in total. The van der Waals surface area contributed by atoms with Crippen molar-refractivity contribution in [2.75, 3.05) is 46.8 Å². The summed E-state index contributed by atoms with van der Waals surface area (Å²) in [6.07, 6.45) is 5.63. The first kappa shape index (κ1) is 16.4. The molecule has 1 amide bonds. The van der Waals surface area contributed by atoms with Crippen LogP contribution >= 0.6 is 0 Å². The smallest absolute Gasteiger partial charge is 0.236 e. The summed E-state index contributed by atoms with van der Waals surface area (Å²) >= 11 is 0. The number of amides is 1. The molecule has 0 radical (unpaired) electrons. The molecule has 2 saturated heterocycles. The second kappa shape index (κ2) is 6.97. The Kier molecular flexibility index (Phi) is 4.97. The fraction of sp³-hybridized carbons (Fsp3) is 0.667. The standard InChI is InChI=1S/C18H28N4O/c1-20(2)17(23)13-22-11-8-18(15-22)7-5-10-21(14-18)12-16-6-3-4-9-19-16/h3-4,6,9H,5,7-8,10-15H2,1-2H3. The Bertz CT molecular complexity index is 533. The summed E-state index contributed by atoms with van der Waals surface area (Å²) in [5, 5.41) is 0. The number of likely N-dealkylation sites (tertiary alicyclic amines) is 2. The van der Waals surface area contributed by atoms with E-state index >= 15 is 0 Å². The maximum absolute atomic E-state index is 11.9. The second-order valence-corrected chi connectivity index (χ2v) is 7.38. The third-order valence-corrected chi connectivity index (χ3v) is 5.23. The van der Waals surface area contributed by atoms with Gasteiger partial charge in [-0.1, -0.05) is 6.07 Å². The van der Waals surface area contributed by atoms with Crippen LogP contribution in [0.2, 0.25) is 0 Å². The van der Waals surface area contributed by atoms with Crippen LogP contribution in [-0.4, -0.2) is 72.4 Å². The second-order valence-electron chi connectivity index (χ2n) is 7.38. The summed E-state index contributed by atoms with van der Waals surface area (Å²) in [4.78, 5) is 23.0. The maximum Gasteiger partial charge on any atom is 0.236 e. The highest BCUT2D eigenvalue weighted by Gasteiger charge is 2.41. The molecule has 1 atom stereocenters. The number of hydrogen-bond donors (Lipinski definition) is 0. The van der Waals surface area contributed by atoms with E-state index in [0.717, 1.165) is 38.4 Å². The molecular weight excluding hydrogens is 288 g/mol. The largest absolute Gasteiger partial charge is 0.348 e. The van der Waals surface area contributed by atoms with Gasteiger partial charge in [0.2, 0.25) is 5.91 Å². The molecule has 1 aromatic heterocycles. The molecule has 2 aliphatic heterocycles. The number of hydrogen-bond acceptors (Lipinski definition) is 4. The lowest BCUT2D eigenvalue weighted by Crippen LogP contribution is -2.45. The van der Waals surface area contributed by atoms with Gasteiger partial charge in [-0.2, -0.15) is 0 Å². The average molecular weight is 316 g/mol. The molecule has 23 heavy (non-hydrogen) atoms. The first-order valence-corrected chi connectivity index (χ1v) is 8.61. The third-order valence-electron chi connectivity index (χ3n) is 5.23. The van der Waals surface area contributed by atoms with E-state index in [1.165, 1.54) is 19.3 Å². The molecule has 5 heteroatoms. The SMILES string of the molecule is CN(C)C(=O)CN1CCC2(CCCN(Cc3ccccn3)C2)C1. The van der Waals surface area contributed by atoms with Gasteiger partial charge in [0.05, 0.1) is 12.2 Å². The van der Waals surface area contributed by atoms with Gasteiger partial charge in [0.1, 0.15) is 0 Å². The Balaban J connectivity index is 1.57. The molecule has 1 unspecified atom stereocenters. The van der Waals surface area contributed by atoms with Crippen LogP contribution in [0.5, 0.6) is 0 Å². The molecule has 0 N–H and O–H groups in total. The highest BCUT2D eigenvalue weighted by atomic mass is 16.2. The number of pyridine rings is 1. The topological polar surface area (TPSA) is 39.7 Å². The Hall–Kier alpha value is -1.46. The van der Waals surface area contributed by atoms with Gasteiger partial charge >= 0.3 is 0 Å². The molecule has 0 saturated carbocycles. The average Bonchev–Trinajstić information content (AvgIpc) is 2.90. The first-order chi connectivity index (χ1) is 11.1. The van der Waals surface area contributed by atoms with Crippen molar-refractivity contribution in [3.63, 3.8) is 0 Å². The zero-order valence-corrected chi connectivity index (χ0v) is 14.4. The summed E-state index contributed by atoms with van der Waals surface area (Å²) < 4.78 is 0. The predicted molar refractivity (Wildman–Crippen MR) is 90.9 cm³/mol. The van der Waals surface area contributed by atoms with Gasteiger partial charge in [0, 0.05) is 39.9 Å². The minimum Gasteiger partial charge on any atom is -0.348 e. The van der Waals surface area contributed by atoms with Gasteiger partial charge in [-0.3, -0.25) is 19.6 Å². The van der Waals surface area contributed by atoms with E-state index in [0.29, 0.717) is 12.0 Å². The fourth-order valence-electron chi connectivity index (χ4n) is 3.99. The zero-order valence-electron chi connectivity index (χ0n) is 14.4. The van der Waals surface area contributed by atoms with Crippen LogP contribution in [0.3, 0.4) is 0 Å². The molecular formula is C18H28N4O. The molecule has 3 rings (SSSR count). The monoisotopic (exact) mass is 316 g/mol. The van der Waals surface area contributed by atoms with Crippen molar-refractivity contribution >= 4 is 5.91 Å². The Morgan fingerprint density at radius 2 is 2.04 bits per heavy atom. The lowest BCUT2D eigenvalue weighted by Gasteiger charge is -2.40. The van der Waals surface area contributed by atoms with Crippen LogP contribution in [0.15, 0.2) is 24.4 Å². The number of rotatable bonds is 4. The molecule has 1 spiro atoms. The van der Waals surface area contributed by atoms with Crippen molar-refractivity contribution in [2.45, 2.75) is 25.8 Å². The normalized spacial score (nSPS) is 25.8. The van der Waals surface area contributed by atoms with Crippen molar-refractivity contribution in [1.82, 2.24) is 19.7 Å². The van der Waals surface area contributed by atoms with Gasteiger partial charge in [0.15, 0.2) is 0 Å². The van der Waals surface area contributed by atoms with Crippen molar-refractivity contribution in [3.8, 4) is 0 Å². The Morgan fingerprint density at radius 1 is 1.22 bits per heavy atom. The number of aromatic nitrogens is 1. The summed E-state index contributed by atoms with van der Waals surface area (Å²) in [6, 6.07) is 6.14. The predicted octanol–water partition coefficient (Wildman–Crippen LogP) is 1.46. The van der Waals surface area contributed by atoms with Gasteiger partial charge < -0.3 is 4.90 Å². The molecule has 1 aromatic rings. The van der Waals surface area contributed by atoms with Gasteiger partial charge in [-0.05, 0) is 49.9 Å². The molecule has 0 aliphatic carbocycles. The molecule has 0 bridgehead atoms. The number of piperidine rings is 1. The Morgan fingerprint density at radius 3 is 2.78 bits per heavy atom. The minimum atomic E-state index is 0.211. The van der Waals surface area contributed by atoms with Crippen LogP contribution in [0.25, 0.3) is 0 Å². The zero-order chi connectivity index (χ0) is 16.3. The van der Waals surface area contributed by atoms with Crippen molar-refractivity contribution < 1.29 is 4.79 Å². The first-order valence-electron chi connectivity index (χ1n) is 8.61. The van der Waals surface area contributed by atoms with E-state index in [9.17, 15) is 4.79 Å². The number of nitrogens with zero attached hydrogens (tertiary/aromatic N) is 4. The van der Waals surface area contributed by atoms with Gasteiger partial charge in [0.25, 0.3) is 0 Å². The number of likely N-dealkylation sites (N-methyl/N-ethyl adjacent to an activating group) is 1. The van der Waals surface area contributed by atoms with Crippen LogP contribution in [0.4, 0.5) is 0 Å². The van der Waals surface area contributed by atoms with Crippen LogP contribution in [-0.2, 0) is 11.3 Å². The summed E-state index contributed by atoms with van der Waals surface area (Å²) in [5.74, 6) is 0.211. The van der Waals surface area contributed by atoms with Crippen molar-refractivity contribution in [2.24, 2.45) is 5.41 Å². The van der Waals surface area contributed by atoms with Gasteiger partial charge in [-0.15, -0.1) is 0 Å². The highest BCUT2D eigenvalue weighted by Crippen LogP contribution is 2.39. The van der Waals surface area contributed by atoms with E-state index < -0.39 is 0 Å². The van der Waals surface area contributed by atoms with E-state index in [-0.39, 0.29) is 5.91 Å². The summed E-state index contributed by atoms with van der Waals surface area (Å²) in [7, 11) is 3.67. The van der Waals surface area contributed by atoms with E-state index in [4.69, 9.17) is 0 Å². The lowest BCUT2D eigenvalue weighted by molar-refractivity contribution is -0.129. The molecule has 0 aromatic carbocycles. The Labute approximate surface area is 139 Å². The molecule has 3 heterocycles. The van der Waals surface area contributed by atoms with Crippen molar-refractivity contribution in [1.29, 1.82) is 0 Å². The fourth-order valence-corrected chi connectivity index (χ4v) is 3.99. The number of carbonyl (C=O) groups excluding carboxylic acids is 1. The van der Waals surface area contributed by atoms with E-state index in [2.05, 4.69) is 26.9 Å². The third kappa shape index (κ3) is 4.09. The summed E-state index contributed by atoms with van der Waals surface area (Å²) in [6.45, 7) is 5.92. The van der Waals surface area contributed by atoms with Gasteiger partial charge in [-0.25, -0.2) is 0 Å². The van der Waals surface area contributed by atoms with Crippen LogP contribution < -0.4 is 0 Å².